The van der Waals surface area contributed by atoms with E-state index in [1.54, 1.807) is 60.7 Å². The van der Waals surface area contributed by atoms with Crippen LogP contribution in [0.15, 0.2) is 99.2 Å². The summed E-state index contributed by atoms with van der Waals surface area (Å²) in [7, 11) is 0. The number of nitrogens with zero attached hydrogens (tertiary/aromatic N) is 4. The maximum absolute atomic E-state index is 13.7. The third kappa shape index (κ3) is 5.02. The average molecular weight is 595 g/mol. The SMILES string of the molecule is O=c1c2ccccc2nc(-c2cc3cc(Cl)ccc3o2)n1N=Cc1cc([N+](=O)[O-])ccc1OCc1ccc2c(c1)OCO2. The Morgan fingerprint density at radius 3 is 2.77 bits per heavy atom. The molecule has 3 heterocycles. The minimum Gasteiger partial charge on any atom is -0.488 e. The first-order valence-corrected chi connectivity index (χ1v) is 13.4. The Morgan fingerprint density at radius 1 is 1.02 bits per heavy atom. The second-order valence-electron chi connectivity index (χ2n) is 9.56. The van der Waals surface area contributed by atoms with E-state index < -0.39 is 10.5 Å². The topological polar surface area (TPSA) is 131 Å². The van der Waals surface area contributed by atoms with E-state index in [0.29, 0.717) is 38.8 Å². The average Bonchev–Trinajstić information content (AvgIpc) is 3.66. The van der Waals surface area contributed by atoms with Crippen LogP contribution >= 0.6 is 11.6 Å². The Bertz CT molecular complexity index is 2150. The van der Waals surface area contributed by atoms with Crippen LogP contribution in [0.5, 0.6) is 17.2 Å². The maximum Gasteiger partial charge on any atom is 0.282 e. The molecule has 4 aromatic carbocycles. The Kier molecular flexibility index (Phi) is 6.48. The Balaban J connectivity index is 1.31. The molecule has 43 heavy (non-hydrogen) atoms. The van der Waals surface area contributed by atoms with E-state index in [9.17, 15) is 14.9 Å². The van der Waals surface area contributed by atoms with Gasteiger partial charge >= 0.3 is 0 Å². The van der Waals surface area contributed by atoms with Crippen molar-refractivity contribution in [3.8, 4) is 28.8 Å². The first kappa shape index (κ1) is 26.2. The summed E-state index contributed by atoms with van der Waals surface area (Å²) in [6, 6.07) is 23.3. The number of nitro groups is 1. The lowest BCUT2D eigenvalue weighted by Gasteiger charge is -2.10. The number of benzene rings is 4. The van der Waals surface area contributed by atoms with Crippen molar-refractivity contribution >= 4 is 45.4 Å². The normalized spacial score (nSPS) is 12.4. The lowest BCUT2D eigenvalue weighted by molar-refractivity contribution is -0.384. The summed E-state index contributed by atoms with van der Waals surface area (Å²) in [6.07, 6.45) is 1.32. The molecule has 1 aliphatic rings. The van der Waals surface area contributed by atoms with Crippen molar-refractivity contribution in [2.75, 3.05) is 6.79 Å². The highest BCUT2D eigenvalue weighted by atomic mass is 35.5. The van der Waals surface area contributed by atoms with Crippen LogP contribution in [0, 0.1) is 10.1 Å². The third-order valence-corrected chi connectivity index (χ3v) is 7.04. The predicted molar refractivity (Wildman–Crippen MR) is 159 cm³/mol. The van der Waals surface area contributed by atoms with Crippen LogP contribution in [0.25, 0.3) is 33.5 Å². The standard InChI is InChI=1S/C31H19ClN4O7/c32-21-6-9-26-19(12-21)14-29(43-26)30-34-24-4-2-1-3-23(24)31(37)35(30)33-15-20-13-22(36(38)39)7-10-25(20)40-16-18-5-8-27-28(11-18)42-17-41-27/h1-15H,16-17H2. The molecule has 11 nitrogen and oxygen atoms in total. The maximum atomic E-state index is 13.7. The molecule has 6 aromatic rings. The van der Waals surface area contributed by atoms with Crippen LogP contribution in [-0.2, 0) is 6.61 Å². The van der Waals surface area contributed by atoms with E-state index >= 15 is 0 Å². The van der Waals surface area contributed by atoms with Crippen LogP contribution in [0.1, 0.15) is 11.1 Å². The minimum atomic E-state index is -0.520. The smallest absolute Gasteiger partial charge is 0.282 e. The van der Waals surface area contributed by atoms with Gasteiger partial charge in [0, 0.05) is 28.1 Å². The van der Waals surface area contributed by atoms with Gasteiger partial charge in [-0.05, 0) is 60.2 Å². The van der Waals surface area contributed by atoms with E-state index in [-0.39, 0.29) is 36.2 Å². The summed E-state index contributed by atoms with van der Waals surface area (Å²) >= 11 is 6.16. The molecule has 0 atom stereocenters. The van der Waals surface area contributed by atoms with Gasteiger partial charge < -0.3 is 18.6 Å². The fraction of sp³-hybridized carbons (Fsp3) is 0.0645. The number of nitro benzene ring substituents is 1. The van der Waals surface area contributed by atoms with Gasteiger partial charge in [0.2, 0.25) is 12.6 Å². The highest BCUT2D eigenvalue weighted by Crippen LogP contribution is 2.33. The number of halogens is 1. The Morgan fingerprint density at radius 2 is 1.88 bits per heavy atom. The first-order chi connectivity index (χ1) is 20.9. The summed E-state index contributed by atoms with van der Waals surface area (Å²) in [5, 5.41) is 17.6. The Labute approximate surface area is 247 Å². The molecule has 212 valence electrons. The fourth-order valence-electron chi connectivity index (χ4n) is 4.71. The number of hydrogen-bond acceptors (Lipinski definition) is 9. The van der Waals surface area contributed by atoms with E-state index in [1.165, 1.54) is 24.4 Å². The second-order valence-corrected chi connectivity index (χ2v) is 10.00. The van der Waals surface area contributed by atoms with Gasteiger partial charge in [-0.15, -0.1) is 0 Å². The summed E-state index contributed by atoms with van der Waals surface area (Å²) in [5.74, 6) is 1.99. The van der Waals surface area contributed by atoms with Gasteiger partial charge in [-0.3, -0.25) is 14.9 Å². The van der Waals surface area contributed by atoms with E-state index in [0.717, 1.165) is 15.6 Å². The van der Waals surface area contributed by atoms with E-state index in [1.807, 2.05) is 6.07 Å². The van der Waals surface area contributed by atoms with Gasteiger partial charge in [0.25, 0.3) is 11.2 Å². The number of fused-ring (bicyclic) bond motifs is 3. The number of furan rings is 1. The summed E-state index contributed by atoms with van der Waals surface area (Å²) in [4.78, 5) is 29.4. The lowest BCUT2D eigenvalue weighted by Crippen LogP contribution is -2.20. The molecule has 0 unspecified atom stereocenters. The molecule has 0 fully saturated rings. The number of hydrogen-bond donors (Lipinski definition) is 0. The van der Waals surface area contributed by atoms with Crippen LogP contribution in [-0.4, -0.2) is 27.6 Å². The Hall–Kier alpha value is -5.68. The van der Waals surface area contributed by atoms with Crippen molar-refractivity contribution < 1.29 is 23.6 Å². The van der Waals surface area contributed by atoms with Crippen molar-refractivity contribution in [1.82, 2.24) is 9.66 Å². The van der Waals surface area contributed by atoms with E-state index in [4.69, 9.17) is 30.2 Å². The zero-order valence-corrected chi connectivity index (χ0v) is 22.9. The lowest BCUT2D eigenvalue weighted by atomic mass is 10.2. The highest BCUT2D eigenvalue weighted by molar-refractivity contribution is 6.31. The second kappa shape index (κ2) is 10.6. The van der Waals surface area contributed by atoms with Crippen LogP contribution in [0.2, 0.25) is 5.02 Å². The molecular formula is C31H19ClN4O7. The molecule has 0 bridgehead atoms. The van der Waals surface area contributed by atoms with Crippen LogP contribution in [0.4, 0.5) is 5.69 Å². The number of rotatable bonds is 7. The van der Waals surface area contributed by atoms with Gasteiger partial charge in [-0.2, -0.15) is 9.78 Å². The van der Waals surface area contributed by atoms with Gasteiger partial charge in [0.05, 0.1) is 22.0 Å². The van der Waals surface area contributed by atoms with Gasteiger partial charge in [0.15, 0.2) is 17.3 Å². The molecule has 7 rings (SSSR count). The zero-order valence-electron chi connectivity index (χ0n) is 22.1. The molecule has 0 radical (unpaired) electrons. The molecule has 0 N–H and O–H groups in total. The highest BCUT2D eigenvalue weighted by Gasteiger charge is 2.18. The largest absolute Gasteiger partial charge is 0.488 e. The quantitative estimate of drug-likeness (QED) is 0.115. The van der Waals surface area contributed by atoms with Gasteiger partial charge in [0.1, 0.15) is 17.9 Å². The number of para-hydroxylation sites is 1. The summed E-state index contributed by atoms with van der Waals surface area (Å²) in [6.45, 7) is 0.287. The molecule has 0 saturated carbocycles. The molecule has 0 saturated heterocycles. The third-order valence-electron chi connectivity index (χ3n) is 6.80. The zero-order chi connectivity index (χ0) is 29.5. The first-order valence-electron chi connectivity index (χ1n) is 13.0. The van der Waals surface area contributed by atoms with Crippen molar-refractivity contribution in [3.05, 3.63) is 122 Å². The fourth-order valence-corrected chi connectivity index (χ4v) is 4.89. The number of non-ortho nitro benzene ring substituents is 1. The van der Waals surface area contributed by atoms with Gasteiger partial charge in [-0.25, -0.2) is 4.98 Å². The molecule has 1 aliphatic heterocycles. The molecule has 0 amide bonds. The minimum absolute atomic E-state index is 0.138. The molecule has 0 spiro atoms. The predicted octanol–water partition coefficient (Wildman–Crippen LogP) is 6.56. The monoisotopic (exact) mass is 594 g/mol. The van der Waals surface area contributed by atoms with Crippen molar-refractivity contribution in [2.24, 2.45) is 5.10 Å². The van der Waals surface area contributed by atoms with Crippen molar-refractivity contribution in [1.29, 1.82) is 0 Å². The van der Waals surface area contributed by atoms with Crippen molar-refractivity contribution in [3.63, 3.8) is 0 Å². The summed E-state index contributed by atoms with van der Waals surface area (Å²) in [5.41, 5.74) is 1.45. The van der Waals surface area contributed by atoms with Gasteiger partial charge in [-0.1, -0.05) is 29.8 Å². The molecule has 2 aromatic heterocycles. The van der Waals surface area contributed by atoms with E-state index in [2.05, 4.69) is 10.1 Å². The molecule has 12 heteroatoms. The van der Waals surface area contributed by atoms with Crippen LogP contribution in [0.3, 0.4) is 0 Å². The molecule has 0 aliphatic carbocycles. The summed E-state index contributed by atoms with van der Waals surface area (Å²) < 4.78 is 23.9. The van der Waals surface area contributed by atoms with Crippen molar-refractivity contribution in [2.45, 2.75) is 6.61 Å². The number of aromatic nitrogens is 2. The number of ether oxygens (including phenoxy) is 3. The molecular weight excluding hydrogens is 576 g/mol. The van der Waals surface area contributed by atoms with Crippen LogP contribution < -0.4 is 19.8 Å².